The molecule has 0 bridgehead atoms. The van der Waals surface area contributed by atoms with Gasteiger partial charge in [0.1, 0.15) is 12.1 Å². The van der Waals surface area contributed by atoms with Crippen LogP contribution in [0.5, 0.6) is 0 Å². The van der Waals surface area contributed by atoms with Gasteiger partial charge in [0.05, 0.1) is 20.1 Å². The molecule has 2 N–H and O–H groups in total. The van der Waals surface area contributed by atoms with Crippen molar-refractivity contribution >= 4 is 34.6 Å². The Hall–Kier alpha value is -4.14. The van der Waals surface area contributed by atoms with Gasteiger partial charge in [0.25, 0.3) is 0 Å². The number of amides is 3. The third-order valence-electron chi connectivity index (χ3n) is 9.44. The Kier molecular flexibility index (Phi) is 11.3. The van der Waals surface area contributed by atoms with Crippen LogP contribution >= 0.6 is 0 Å². The number of hydrogen-bond donors (Lipinski definition) is 2. The van der Waals surface area contributed by atoms with Gasteiger partial charge < -0.3 is 24.8 Å². The van der Waals surface area contributed by atoms with Crippen LogP contribution in [0.4, 0.5) is 0 Å². The normalized spacial score (nSPS) is 17.6. The lowest BCUT2D eigenvalue weighted by Gasteiger charge is -2.32. The Balaban J connectivity index is 1.34. The van der Waals surface area contributed by atoms with E-state index in [1.807, 2.05) is 60.8 Å². The molecule has 0 radical (unpaired) electrons. The molecule has 1 aliphatic carbocycles. The number of methoxy groups -OCH3 is 1. The van der Waals surface area contributed by atoms with Gasteiger partial charge >= 0.3 is 5.97 Å². The first-order valence-electron chi connectivity index (χ1n) is 16.5. The molecule has 1 aliphatic heterocycles. The molecule has 2 aromatic carbocycles. The van der Waals surface area contributed by atoms with E-state index < -0.39 is 18.1 Å². The number of likely N-dealkylation sites (tertiary alicyclic amines) is 1. The Morgan fingerprint density at radius 3 is 2.51 bits per heavy atom. The number of aryl methyl sites for hydroxylation is 1. The van der Waals surface area contributed by atoms with Crippen molar-refractivity contribution in [1.29, 1.82) is 0 Å². The zero-order valence-electron chi connectivity index (χ0n) is 26.3. The highest BCUT2D eigenvalue weighted by Gasteiger charge is 2.37. The van der Waals surface area contributed by atoms with E-state index in [2.05, 4.69) is 10.3 Å². The van der Waals surface area contributed by atoms with Crippen LogP contribution < -0.4 is 5.32 Å². The van der Waals surface area contributed by atoms with Crippen LogP contribution in [0.3, 0.4) is 0 Å². The van der Waals surface area contributed by atoms with E-state index in [1.165, 1.54) is 26.4 Å². The highest BCUT2D eigenvalue weighted by molar-refractivity contribution is 5.94. The van der Waals surface area contributed by atoms with Crippen LogP contribution in [0.1, 0.15) is 68.9 Å². The van der Waals surface area contributed by atoms with E-state index >= 15 is 0 Å². The van der Waals surface area contributed by atoms with Crippen LogP contribution in [0.2, 0.25) is 0 Å². The fourth-order valence-electron chi connectivity index (χ4n) is 6.91. The van der Waals surface area contributed by atoms with Crippen molar-refractivity contribution in [1.82, 2.24) is 20.1 Å². The van der Waals surface area contributed by atoms with Crippen LogP contribution in [-0.2, 0) is 36.8 Å². The van der Waals surface area contributed by atoms with Crippen molar-refractivity contribution in [2.24, 2.45) is 5.92 Å². The molecule has 3 amide bonds. The number of benzene rings is 2. The summed E-state index contributed by atoms with van der Waals surface area (Å²) in [6.45, 7) is 0.771. The number of nitrogens with one attached hydrogen (secondary N) is 2. The molecule has 1 aromatic heterocycles. The zero-order chi connectivity index (χ0) is 31.6. The number of hydrogen-bond acceptors (Lipinski definition) is 5. The number of fused-ring (bicyclic) bond motifs is 1. The molecule has 3 aromatic rings. The van der Waals surface area contributed by atoms with Crippen molar-refractivity contribution in [2.45, 2.75) is 82.7 Å². The molecule has 9 nitrogen and oxygen atoms in total. The summed E-state index contributed by atoms with van der Waals surface area (Å²) in [6.07, 6.45) is 10.9. The van der Waals surface area contributed by atoms with Crippen molar-refractivity contribution in [3.8, 4) is 0 Å². The third-order valence-corrected chi connectivity index (χ3v) is 9.44. The Labute approximate surface area is 265 Å². The standard InChI is InChI=1S/C36H46N4O5/c1-45-36(44)32-17-10-21-40(32)34(42)25-39(22-20-27-13-6-3-7-14-27)35(43)31(19-18-26-11-4-2-5-12-26)38-33(41)23-28-24-37-30-16-9-8-15-29(28)30/h2,4-5,8-9,11-12,15-16,24,27,31-32,37H,3,6-7,10,13-14,17-23,25H2,1H3,(H,38,41)/t31-,32+/m0/s1. The smallest absolute Gasteiger partial charge is 0.328 e. The summed E-state index contributed by atoms with van der Waals surface area (Å²) in [4.78, 5) is 60.3. The summed E-state index contributed by atoms with van der Waals surface area (Å²) in [7, 11) is 1.33. The average Bonchev–Trinajstić information content (AvgIpc) is 3.73. The predicted molar refractivity (Wildman–Crippen MR) is 173 cm³/mol. The van der Waals surface area contributed by atoms with Gasteiger partial charge in [-0.1, -0.05) is 80.6 Å². The molecule has 2 aliphatic rings. The average molecular weight is 615 g/mol. The maximum Gasteiger partial charge on any atom is 0.328 e. The fraction of sp³-hybridized carbons (Fsp3) is 0.500. The number of para-hydroxylation sites is 1. The highest BCUT2D eigenvalue weighted by Crippen LogP contribution is 2.27. The van der Waals surface area contributed by atoms with Crippen molar-refractivity contribution in [3.63, 3.8) is 0 Å². The molecule has 2 fully saturated rings. The lowest BCUT2D eigenvalue weighted by Crippen LogP contribution is -2.53. The molecule has 9 heteroatoms. The molecular formula is C36H46N4O5. The number of carbonyl (C=O) groups is 4. The van der Waals surface area contributed by atoms with E-state index in [1.54, 1.807) is 9.80 Å². The molecule has 2 heterocycles. The number of aromatic amines is 1. The van der Waals surface area contributed by atoms with Crippen LogP contribution in [-0.4, -0.2) is 77.3 Å². The number of esters is 1. The minimum atomic E-state index is -0.794. The van der Waals surface area contributed by atoms with E-state index in [-0.39, 0.29) is 30.7 Å². The second-order valence-corrected chi connectivity index (χ2v) is 12.5. The van der Waals surface area contributed by atoms with Crippen molar-refractivity contribution in [3.05, 3.63) is 71.9 Å². The van der Waals surface area contributed by atoms with Gasteiger partial charge in [0, 0.05) is 30.2 Å². The molecule has 1 saturated heterocycles. The van der Waals surface area contributed by atoms with Gasteiger partial charge in [-0.3, -0.25) is 14.4 Å². The minimum absolute atomic E-state index is 0.126. The lowest BCUT2D eigenvalue weighted by molar-refractivity contribution is -0.152. The fourth-order valence-corrected chi connectivity index (χ4v) is 6.91. The van der Waals surface area contributed by atoms with E-state index in [0.717, 1.165) is 41.3 Å². The summed E-state index contributed by atoms with van der Waals surface area (Å²) in [5.41, 5.74) is 2.89. The zero-order valence-corrected chi connectivity index (χ0v) is 26.3. The second-order valence-electron chi connectivity index (χ2n) is 12.5. The van der Waals surface area contributed by atoms with Crippen molar-refractivity contribution in [2.75, 3.05) is 26.7 Å². The van der Waals surface area contributed by atoms with Gasteiger partial charge in [0.15, 0.2) is 0 Å². The molecule has 2 atom stereocenters. The second kappa shape index (κ2) is 15.7. The summed E-state index contributed by atoms with van der Waals surface area (Å²) in [5.74, 6) is -0.665. The number of H-pyrrole nitrogens is 1. The molecule has 0 spiro atoms. The number of ether oxygens (including phenoxy) is 1. The predicted octanol–water partition coefficient (Wildman–Crippen LogP) is 4.79. The maximum atomic E-state index is 14.4. The van der Waals surface area contributed by atoms with E-state index in [9.17, 15) is 19.2 Å². The maximum absolute atomic E-state index is 14.4. The summed E-state index contributed by atoms with van der Waals surface area (Å²) < 4.78 is 4.96. The monoisotopic (exact) mass is 614 g/mol. The summed E-state index contributed by atoms with van der Waals surface area (Å²) in [5, 5.41) is 4.02. The van der Waals surface area contributed by atoms with Crippen LogP contribution in [0, 0.1) is 5.92 Å². The van der Waals surface area contributed by atoms with Gasteiger partial charge in [-0.2, -0.15) is 0 Å². The SMILES string of the molecule is COC(=O)[C@H]1CCCN1C(=O)CN(CCC1CCCCC1)C(=O)[C@H](CCc1ccccc1)NC(=O)Cc1c[nH]c2ccccc12. The van der Waals surface area contributed by atoms with Gasteiger partial charge in [-0.15, -0.1) is 0 Å². The first kappa shape index (κ1) is 32.3. The number of nitrogens with zero attached hydrogens (tertiary/aromatic N) is 2. The molecule has 45 heavy (non-hydrogen) atoms. The minimum Gasteiger partial charge on any atom is -0.467 e. The van der Waals surface area contributed by atoms with Crippen LogP contribution in [0.15, 0.2) is 60.8 Å². The molecule has 5 rings (SSSR count). The first-order valence-corrected chi connectivity index (χ1v) is 16.5. The lowest BCUT2D eigenvalue weighted by atomic mass is 9.87. The molecule has 1 saturated carbocycles. The Bertz CT molecular complexity index is 1450. The molecule has 0 unspecified atom stereocenters. The van der Waals surface area contributed by atoms with Gasteiger partial charge in [-0.25, -0.2) is 4.79 Å². The molecular weight excluding hydrogens is 568 g/mol. The number of rotatable bonds is 13. The van der Waals surface area contributed by atoms with Crippen molar-refractivity contribution < 1.29 is 23.9 Å². The van der Waals surface area contributed by atoms with E-state index in [4.69, 9.17) is 4.74 Å². The van der Waals surface area contributed by atoms with E-state index in [0.29, 0.717) is 44.7 Å². The summed E-state index contributed by atoms with van der Waals surface area (Å²) in [6, 6.07) is 16.3. The number of aromatic nitrogens is 1. The first-order chi connectivity index (χ1) is 21.9. The largest absolute Gasteiger partial charge is 0.467 e. The van der Waals surface area contributed by atoms with Gasteiger partial charge in [0.2, 0.25) is 17.7 Å². The molecule has 240 valence electrons. The number of carbonyl (C=O) groups excluding carboxylic acids is 4. The van der Waals surface area contributed by atoms with Gasteiger partial charge in [-0.05, 0) is 55.2 Å². The Morgan fingerprint density at radius 2 is 1.73 bits per heavy atom. The quantitative estimate of drug-likeness (QED) is 0.269. The topological polar surface area (TPSA) is 112 Å². The summed E-state index contributed by atoms with van der Waals surface area (Å²) >= 11 is 0. The highest BCUT2D eigenvalue weighted by atomic mass is 16.5. The third kappa shape index (κ3) is 8.53. The Morgan fingerprint density at radius 1 is 0.978 bits per heavy atom. The van der Waals surface area contributed by atoms with Crippen LogP contribution in [0.25, 0.3) is 10.9 Å².